The molecule has 1 atom stereocenters. The van der Waals surface area contributed by atoms with Crippen molar-refractivity contribution in [2.45, 2.75) is 33.1 Å². The van der Waals surface area contributed by atoms with Crippen LogP contribution in [-0.4, -0.2) is 36.3 Å². The fraction of sp³-hybridized carbons (Fsp3) is 0.846. The zero-order valence-electron chi connectivity index (χ0n) is 10.7. The molecule has 1 heterocycles. The molecule has 0 unspecified atom stereocenters. The summed E-state index contributed by atoms with van der Waals surface area (Å²) in [5, 5.41) is 2.96. The molecular weight excluding hydrogens is 216 g/mol. The van der Waals surface area contributed by atoms with E-state index in [-0.39, 0.29) is 17.7 Å². The Hall–Kier alpha value is -1.06. The summed E-state index contributed by atoms with van der Waals surface area (Å²) in [6, 6.07) is 0. The number of carbonyl (C=O) groups excluding carboxylic acids is 2. The number of rotatable bonds is 5. The maximum atomic E-state index is 11.9. The van der Waals surface area contributed by atoms with Gasteiger partial charge in [0.2, 0.25) is 11.8 Å². The second-order valence-corrected chi connectivity index (χ2v) is 5.78. The number of nitrogens with one attached hydrogen (secondary N) is 1. The van der Waals surface area contributed by atoms with Crippen LogP contribution in [0.5, 0.6) is 0 Å². The number of nitrogens with zero attached hydrogens (tertiary/aromatic N) is 1. The molecule has 4 nitrogen and oxygen atoms in total. The van der Waals surface area contributed by atoms with E-state index in [0.717, 1.165) is 13.1 Å². The first-order chi connectivity index (χ1) is 8.06. The molecule has 0 spiro atoms. The lowest BCUT2D eigenvalue weighted by molar-refractivity contribution is -0.129. The van der Waals surface area contributed by atoms with E-state index in [0.29, 0.717) is 24.8 Å². The monoisotopic (exact) mass is 238 g/mol. The van der Waals surface area contributed by atoms with Gasteiger partial charge in [-0.1, -0.05) is 13.8 Å². The summed E-state index contributed by atoms with van der Waals surface area (Å²) in [5.41, 5.74) is 0. The number of hydrogen-bond acceptors (Lipinski definition) is 2. The van der Waals surface area contributed by atoms with Crippen molar-refractivity contribution in [2.75, 3.05) is 19.6 Å². The molecule has 0 bridgehead atoms. The summed E-state index contributed by atoms with van der Waals surface area (Å²) in [5.74, 6) is 1.23. The Balaban J connectivity index is 1.78. The standard InChI is InChI=1S/C13H22N2O2/c1-9(2)7-15-8-11(5-12(15)16)13(17)14-6-10-3-4-10/h9-11H,3-8H2,1-2H3,(H,14,17)/t11-/m1/s1. The zero-order valence-corrected chi connectivity index (χ0v) is 10.7. The molecule has 1 aliphatic heterocycles. The third-order valence-corrected chi connectivity index (χ3v) is 3.43. The molecule has 17 heavy (non-hydrogen) atoms. The fourth-order valence-electron chi connectivity index (χ4n) is 2.28. The maximum absolute atomic E-state index is 11.9. The Labute approximate surface area is 103 Å². The lowest BCUT2D eigenvalue weighted by Gasteiger charge is -2.18. The van der Waals surface area contributed by atoms with Crippen LogP contribution in [0.2, 0.25) is 0 Å². The van der Waals surface area contributed by atoms with Gasteiger partial charge in [0.25, 0.3) is 0 Å². The number of likely N-dealkylation sites (tertiary alicyclic amines) is 1. The summed E-state index contributed by atoms with van der Waals surface area (Å²) in [4.78, 5) is 25.4. The van der Waals surface area contributed by atoms with Crippen LogP contribution < -0.4 is 5.32 Å². The second kappa shape index (κ2) is 5.07. The molecule has 1 saturated carbocycles. The van der Waals surface area contributed by atoms with Crippen molar-refractivity contribution in [2.24, 2.45) is 17.8 Å². The third kappa shape index (κ3) is 3.45. The van der Waals surface area contributed by atoms with Crippen LogP contribution in [0.25, 0.3) is 0 Å². The molecule has 0 radical (unpaired) electrons. The van der Waals surface area contributed by atoms with Crippen molar-refractivity contribution < 1.29 is 9.59 Å². The van der Waals surface area contributed by atoms with E-state index in [2.05, 4.69) is 19.2 Å². The number of carbonyl (C=O) groups is 2. The molecular formula is C13H22N2O2. The number of amides is 2. The van der Waals surface area contributed by atoms with E-state index in [4.69, 9.17) is 0 Å². The average Bonchev–Trinajstić information content (AvgIpc) is 3.01. The normalized spacial score (nSPS) is 24.5. The Kier molecular flexibility index (Phi) is 3.69. The summed E-state index contributed by atoms with van der Waals surface area (Å²) in [6.45, 7) is 6.36. The Morgan fingerprint density at radius 2 is 2.18 bits per heavy atom. The smallest absolute Gasteiger partial charge is 0.225 e. The van der Waals surface area contributed by atoms with E-state index >= 15 is 0 Å². The SMILES string of the molecule is CC(C)CN1C[C@H](C(=O)NCC2CC2)CC1=O. The summed E-state index contributed by atoms with van der Waals surface area (Å²) in [6.07, 6.45) is 2.87. The topological polar surface area (TPSA) is 49.4 Å². The van der Waals surface area contributed by atoms with Crippen LogP contribution in [-0.2, 0) is 9.59 Å². The quantitative estimate of drug-likeness (QED) is 0.777. The van der Waals surface area contributed by atoms with Gasteiger partial charge in [-0.2, -0.15) is 0 Å². The van der Waals surface area contributed by atoms with Gasteiger partial charge in [-0.25, -0.2) is 0 Å². The van der Waals surface area contributed by atoms with Crippen LogP contribution in [0.3, 0.4) is 0 Å². The third-order valence-electron chi connectivity index (χ3n) is 3.43. The van der Waals surface area contributed by atoms with Crippen LogP contribution in [0.15, 0.2) is 0 Å². The van der Waals surface area contributed by atoms with Gasteiger partial charge in [0.05, 0.1) is 5.92 Å². The highest BCUT2D eigenvalue weighted by Crippen LogP contribution is 2.28. The zero-order chi connectivity index (χ0) is 12.4. The fourth-order valence-corrected chi connectivity index (χ4v) is 2.28. The predicted octanol–water partition coefficient (Wildman–Crippen LogP) is 1.02. The van der Waals surface area contributed by atoms with Crippen LogP contribution >= 0.6 is 0 Å². The van der Waals surface area contributed by atoms with Gasteiger partial charge in [-0.15, -0.1) is 0 Å². The molecule has 96 valence electrons. The van der Waals surface area contributed by atoms with Crippen LogP contribution in [0.1, 0.15) is 33.1 Å². The summed E-state index contributed by atoms with van der Waals surface area (Å²) in [7, 11) is 0. The van der Waals surface area contributed by atoms with E-state index in [1.807, 2.05) is 4.90 Å². The van der Waals surface area contributed by atoms with Crippen molar-refractivity contribution in [3.05, 3.63) is 0 Å². The highest BCUT2D eigenvalue weighted by Gasteiger charge is 2.34. The van der Waals surface area contributed by atoms with Gasteiger partial charge in [0.15, 0.2) is 0 Å². The van der Waals surface area contributed by atoms with Crippen LogP contribution in [0, 0.1) is 17.8 Å². The summed E-state index contributed by atoms with van der Waals surface area (Å²) < 4.78 is 0. The minimum absolute atomic E-state index is 0.0662. The van der Waals surface area contributed by atoms with Gasteiger partial charge >= 0.3 is 0 Å². The molecule has 1 saturated heterocycles. The molecule has 1 N–H and O–H groups in total. The Morgan fingerprint density at radius 1 is 1.47 bits per heavy atom. The van der Waals surface area contributed by atoms with Gasteiger partial charge < -0.3 is 10.2 Å². The first-order valence-corrected chi connectivity index (χ1v) is 6.61. The van der Waals surface area contributed by atoms with Crippen LogP contribution in [0.4, 0.5) is 0 Å². The Bertz CT molecular complexity index is 311. The molecule has 2 aliphatic rings. The van der Waals surface area contributed by atoms with Crippen molar-refractivity contribution in [1.82, 2.24) is 10.2 Å². The highest BCUT2D eigenvalue weighted by molar-refractivity contribution is 5.89. The largest absolute Gasteiger partial charge is 0.356 e. The minimum Gasteiger partial charge on any atom is -0.356 e. The van der Waals surface area contributed by atoms with Crippen molar-refractivity contribution in [3.63, 3.8) is 0 Å². The van der Waals surface area contributed by atoms with Crippen molar-refractivity contribution in [3.8, 4) is 0 Å². The molecule has 0 aromatic heterocycles. The number of hydrogen-bond donors (Lipinski definition) is 1. The molecule has 1 aliphatic carbocycles. The molecule has 0 aromatic rings. The predicted molar refractivity (Wildman–Crippen MR) is 65.3 cm³/mol. The molecule has 0 aromatic carbocycles. The van der Waals surface area contributed by atoms with Gasteiger partial charge in [-0.05, 0) is 24.7 Å². The molecule has 2 fully saturated rings. The van der Waals surface area contributed by atoms with E-state index in [1.165, 1.54) is 12.8 Å². The first kappa shape index (κ1) is 12.4. The summed E-state index contributed by atoms with van der Waals surface area (Å²) >= 11 is 0. The van der Waals surface area contributed by atoms with Crippen molar-refractivity contribution >= 4 is 11.8 Å². The van der Waals surface area contributed by atoms with E-state index in [9.17, 15) is 9.59 Å². The van der Waals surface area contributed by atoms with Crippen molar-refractivity contribution in [1.29, 1.82) is 0 Å². The molecule has 2 rings (SSSR count). The minimum atomic E-state index is -0.125. The average molecular weight is 238 g/mol. The van der Waals surface area contributed by atoms with Gasteiger partial charge in [-0.3, -0.25) is 9.59 Å². The van der Waals surface area contributed by atoms with Gasteiger partial charge in [0.1, 0.15) is 0 Å². The highest BCUT2D eigenvalue weighted by atomic mass is 16.2. The molecule has 2 amide bonds. The van der Waals surface area contributed by atoms with Gasteiger partial charge in [0, 0.05) is 26.1 Å². The first-order valence-electron chi connectivity index (χ1n) is 6.61. The van der Waals surface area contributed by atoms with E-state index in [1.54, 1.807) is 0 Å². The lowest BCUT2D eigenvalue weighted by Crippen LogP contribution is -2.34. The van der Waals surface area contributed by atoms with E-state index < -0.39 is 0 Å². The molecule has 4 heteroatoms. The second-order valence-electron chi connectivity index (χ2n) is 5.78. The lowest BCUT2D eigenvalue weighted by atomic mass is 10.1. The maximum Gasteiger partial charge on any atom is 0.225 e. The Morgan fingerprint density at radius 3 is 2.76 bits per heavy atom.